The van der Waals surface area contributed by atoms with E-state index in [0.29, 0.717) is 0 Å². The van der Waals surface area contributed by atoms with Crippen LogP contribution in [0.5, 0.6) is 0 Å². The van der Waals surface area contributed by atoms with Crippen LogP contribution < -0.4 is 5.32 Å². The van der Waals surface area contributed by atoms with Crippen molar-refractivity contribution in [1.82, 2.24) is 9.97 Å². The lowest BCUT2D eigenvalue weighted by atomic mass is 10.1. The molecule has 0 atom stereocenters. The van der Waals surface area contributed by atoms with Crippen molar-refractivity contribution < 1.29 is 0 Å². The molecule has 2 aromatic rings. The highest BCUT2D eigenvalue weighted by Crippen LogP contribution is 2.26. The summed E-state index contributed by atoms with van der Waals surface area (Å²) in [7, 11) is 0. The molecule has 92 valence electrons. The van der Waals surface area contributed by atoms with E-state index in [9.17, 15) is 0 Å². The average molecular weight is 304 g/mol. The van der Waals surface area contributed by atoms with Crippen molar-refractivity contribution in [3.8, 4) is 0 Å². The summed E-state index contributed by atoms with van der Waals surface area (Å²) in [6.07, 6.45) is 3.68. The van der Waals surface area contributed by atoms with E-state index in [1.54, 1.807) is 0 Å². The van der Waals surface area contributed by atoms with Crippen LogP contribution in [0.2, 0.25) is 0 Å². The maximum absolute atomic E-state index is 4.37. The third-order valence-corrected chi connectivity index (χ3v) is 3.58. The Labute approximate surface area is 115 Å². The summed E-state index contributed by atoms with van der Waals surface area (Å²) in [5, 5.41) is 3.33. The highest BCUT2D eigenvalue weighted by Gasteiger charge is 2.11. The van der Waals surface area contributed by atoms with E-state index in [0.717, 1.165) is 21.9 Å². The molecule has 0 unspecified atom stereocenters. The first-order valence-electron chi connectivity index (χ1n) is 6.11. The maximum Gasteiger partial charge on any atom is 0.135 e. The quantitative estimate of drug-likeness (QED) is 0.858. The molecule has 18 heavy (non-hydrogen) atoms. The van der Waals surface area contributed by atoms with Gasteiger partial charge in [0.1, 0.15) is 16.2 Å². The van der Waals surface area contributed by atoms with Gasteiger partial charge in [-0.3, -0.25) is 0 Å². The zero-order valence-electron chi connectivity index (χ0n) is 10.2. The highest BCUT2D eigenvalue weighted by molar-refractivity contribution is 9.10. The number of hydrogen-bond donors (Lipinski definition) is 1. The van der Waals surface area contributed by atoms with Gasteiger partial charge in [0, 0.05) is 11.8 Å². The second-order valence-corrected chi connectivity index (χ2v) is 5.40. The van der Waals surface area contributed by atoms with Gasteiger partial charge in [-0.05, 0) is 65.4 Å². The van der Waals surface area contributed by atoms with Gasteiger partial charge in [-0.15, -0.1) is 0 Å². The number of nitrogens with one attached hydrogen (secondary N) is 1. The second kappa shape index (κ2) is 4.69. The van der Waals surface area contributed by atoms with Crippen LogP contribution in [0.1, 0.15) is 23.4 Å². The minimum Gasteiger partial charge on any atom is -0.340 e. The van der Waals surface area contributed by atoms with E-state index < -0.39 is 0 Å². The van der Waals surface area contributed by atoms with Crippen molar-refractivity contribution >= 4 is 27.4 Å². The summed E-state index contributed by atoms with van der Waals surface area (Å²) in [6.45, 7) is 1.89. The number of rotatable bonds is 2. The molecule has 0 fully saturated rings. The summed E-state index contributed by atoms with van der Waals surface area (Å²) < 4.78 is 0.804. The first-order valence-corrected chi connectivity index (χ1v) is 6.90. The molecular formula is C14H14BrN3. The number of aryl methyl sites for hydroxylation is 3. The monoisotopic (exact) mass is 303 g/mol. The minimum absolute atomic E-state index is 0.757. The van der Waals surface area contributed by atoms with Crippen LogP contribution in [-0.2, 0) is 12.8 Å². The zero-order valence-corrected chi connectivity index (χ0v) is 11.8. The minimum atomic E-state index is 0.757. The molecule has 0 saturated heterocycles. The molecule has 0 amide bonds. The SMILES string of the molecule is Cc1nc(Br)cc(Nc2ccc3c(c2)CCC3)n1. The molecule has 3 rings (SSSR count). The smallest absolute Gasteiger partial charge is 0.135 e. The van der Waals surface area contributed by atoms with Crippen LogP contribution in [0.25, 0.3) is 0 Å². The van der Waals surface area contributed by atoms with Crippen LogP contribution in [-0.4, -0.2) is 9.97 Å². The Bertz CT molecular complexity index is 575. The van der Waals surface area contributed by atoms with Crippen LogP contribution in [0.4, 0.5) is 11.5 Å². The molecular weight excluding hydrogens is 290 g/mol. The first-order chi connectivity index (χ1) is 8.70. The number of aromatic nitrogens is 2. The van der Waals surface area contributed by atoms with E-state index in [4.69, 9.17) is 0 Å². The molecule has 1 aliphatic carbocycles. The molecule has 1 aromatic carbocycles. The Morgan fingerprint density at radius 3 is 2.78 bits per heavy atom. The fourth-order valence-corrected chi connectivity index (χ4v) is 2.87. The van der Waals surface area contributed by atoms with Crippen LogP contribution >= 0.6 is 15.9 Å². The van der Waals surface area contributed by atoms with Crippen molar-refractivity contribution in [2.75, 3.05) is 5.32 Å². The van der Waals surface area contributed by atoms with Gasteiger partial charge >= 0.3 is 0 Å². The summed E-state index contributed by atoms with van der Waals surface area (Å²) in [5.74, 6) is 1.58. The Balaban J connectivity index is 1.88. The summed E-state index contributed by atoms with van der Waals surface area (Å²) in [5.41, 5.74) is 4.05. The van der Waals surface area contributed by atoms with E-state index >= 15 is 0 Å². The topological polar surface area (TPSA) is 37.8 Å². The van der Waals surface area contributed by atoms with Gasteiger partial charge in [-0.1, -0.05) is 6.07 Å². The molecule has 0 aliphatic heterocycles. The zero-order chi connectivity index (χ0) is 12.5. The number of benzene rings is 1. The lowest BCUT2D eigenvalue weighted by Crippen LogP contribution is -1.98. The Morgan fingerprint density at radius 2 is 1.94 bits per heavy atom. The van der Waals surface area contributed by atoms with E-state index in [1.807, 2.05) is 13.0 Å². The van der Waals surface area contributed by atoms with Gasteiger partial charge in [-0.25, -0.2) is 9.97 Å². The highest BCUT2D eigenvalue weighted by atomic mass is 79.9. The van der Waals surface area contributed by atoms with Crippen LogP contribution in [0, 0.1) is 6.92 Å². The maximum atomic E-state index is 4.37. The molecule has 0 spiro atoms. The lowest BCUT2D eigenvalue weighted by molar-refractivity contribution is 0.912. The molecule has 1 N–H and O–H groups in total. The van der Waals surface area contributed by atoms with Crippen molar-refractivity contribution in [1.29, 1.82) is 0 Å². The normalized spacial score (nSPS) is 13.4. The van der Waals surface area contributed by atoms with Gasteiger partial charge in [0.05, 0.1) is 0 Å². The number of hydrogen-bond acceptors (Lipinski definition) is 3. The standard InChI is InChI=1S/C14H14BrN3/c1-9-16-13(15)8-14(17-9)18-12-6-5-10-3-2-4-11(10)7-12/h5-8H,2-4H2,1H3,(H,16,17,18). The Kier molecular flexibility index (Phi) is 3.04. The third-order valence-electron chi connectivity index (χ3n) is 3.18. The predicted molar refractivity (Wildman–Crippen MR) is 76.2 cm³/mol. The second-order valence-electron chi connectivity index (χ2n) is 4.59. The predicted octanol–water partition coefficient (Wildman–Crippen LogP) is 3.78. The van der Waals surface area contributed by atoms with Gasteiger partial charge < -0.3 is 5.32 Å². The van der Waals surface area contributed by atoms with Gasteiger partial charge in [-0.2, -0.15) is 0 Å². The number of halogens is 1. The molecule has 1 aromatic heterocycles. The molecule has 0 radical (unpaired) electrons. The summed E-state index contributed by atoms with van der Waals surface area (Å²) in [6, 6.07) is 8.46. The van der Waals surface area contributed by atoms with Crippen LogP contribution in [0.15, 0.2) is 28.9 Å². The Hall–Kier alpha value is -1.42. The fourth-order valence-electron chi connectivity index (χ4n) is 2.39. The molecule has 0 saturated carbocycles. The number of anilines is 2. The third kappa shape index (κ3) is 2.38. The van der Waals surface area contributed by atoms with Gasteiger partial charge in [0.15, 0.2) is 0 Å². The van der Waals surface area contributed by atoms with E-state index in [-0.39, 0.29) is 0 Å². The van der Waals surface area contributed by atoms with Crippen molar-refractivity contribution in [3.05, 3.63) is 45.8 Å². The van der Waals surface area contributed by atoms with E-state index in [1.165, 1.54) is 30.4 Å². The van der Waals surface area contributed by atoms with Crippen molar-refractivity contribution in [2.45, 2.75) is 26.2 Å². The molecule has 3 nitrogen and oxygen atoms in total. The molecule has 1 aliphatic rings. The molecule has 0 bridgehead atoms. The van der Waals surface area contributed by atoms with Gasteiger partial charge in [0.2, 0.25) is 0 Å². The van der Waals surface area contributed by atoms with Crippen molar-refractivity contribution in [3.63, 3.8) is 0 Å². The lowest BCUT2D eigenvalue weighted by Gasteiger charge is -2.08. The molecule has 1 heterocycles. The fraction of sp³-hybridized carbons (Fsp3) is 0.286. The first kappa shape index (κ1) is 11.7. The largest absolute Gasteiger partial charge is 0.340 e. The molecule has 4 heteroatoms. The van der Waals surface area contributed by atoms with E-state index in [2.05, 4.69) is 49.4 Å². The van der Waals surface area contributed by atoms with Gasteiger partial charge in [0.25, 0.3) is 0 Å². The summed E-state index contributed by atoms with van der Waals surface area (Å²) >= 11 is 3.38. The number of nitrogens with zero attached hydrogens (tertiary/aromatic N) is 2. The number of fused-ring (bicyclic) bond motifs is 1. The average Bonchev–Trinajstić information content (AvgIpc) is 2.74. The van der Waals surface area contributed by atoms with Crippen LogP contribution in [0.3, 0.4) is 0 Å². The summed E-state index contributed by atoms with van der Waals surface area (Å²) in [4.78, 5) is 8.57. The Morgan fingerprint density at radius 1 is 1.11 bits per heavy atom. The van der Waals surface area contributed by atoms with Crippen molar-refractivity contribution in [2.24, 2.45) is 0 Å².